The Balaban J connectivity index is 1.92. The fourth-order valence-electron chi connectivity index (χ4n) is 1.68. The Morgan fingerprint density at radius 2 is 2.53 bits per heavy atom. The minimum Gasteiger partial charge on any atom is -0.464 e. The van der Waals surface area contributed by atoms with Crippen molar-refractivity contribution in [2.24, 2.45) is 0 Å². The van der Waals surface area contributed by atoms with E-state index in [-0.39, 0.29) is 17.7 Å². The maximum absolute atomic E-state index is 11.4. The van der Waals surface area contributed by atoms with E-state index in [2.05, 4.69) is 11.4 Å². The molecular formula is C11H14O3S. The highest BCUT2D eigenvalue weighted by atomic mass is 32.1. The molecule has 0 N–H and O–H groups in total. The van der Waals surface area contributed by atoms with Crippen molar-refractivity contribution < 1.29 is 14.3 Å². The van der Waals surface area contributed by atoms with E-state index in [9.17, 15) is 4.79 Å². The molecule has 2 atom stereocenters. The van der Waals surface area contributed by atoms with Gasteiger partial charge in [-0.1, -0.05) is 0 Å². The second-order valence-electron chi connectivity index (χ2n) is 3.87. The van der Waals surface area contributed by atoms with Crippen LogP contribution >= 0.6 is 11.3 Å². The molecule has 1 aromatic heterocycles. The lowest BCUT2D eigenvalue weighted by Crippen LogP contribution is -2.21. The number of carbonyl (C=O) groups is 1. The van der Waals surface area contributed by atoms with Crippen molar-refractivity contribution in [3.63, 3.8) is 0 Å². The molecule has 0 saturated carbocycles. The van der Waals surface area contributed by atoms with Crippen LogP contribution in [0.1, 0.15) is 19.4 Å². The van der Waals surface area contributed by atoms with Crippen molar-refractivity contribution in [3.8, 4) is 0 Å². The molecule has 2 unspecified atom stereocenters. The Bertz CT molecular complexity index is 347. The van der Waals surface area contributed by atoms with Crippen LogP contribution in [0, 0.1) is 0 Å². The quantitative estimate of drug-likeness (QED) is 0.582. The van der Waals surface area contributed by atoms with E-state index in [1.165, 1.54) is 5.56 Å². The molecule has 2 rings (SSSR count). The van der Waals surface area contributed by atoms with E-state index < -0.39 is 0 Å². The summed E-state index contributed by atoms with van der Waals surface area (Å²) in [7, 11) is 0. The summed E-state index contributed by atoms with van der Waals surface area (Å²) in [6.07, 6.45) is 0.400. The van der Waals surface area contributed by atoms with Crippen LogP contribution in [-0.4, -0.2) is 24.3 Å². The number of rotatable bonds is 4. The molecule has 0 amide bonds. The molecule has 0 aromatic carbocycles. The van der Waals surface area contributed by atoms with Gasteiger partial charge >= 0.3 is 5.97 Å². The van der Waals surface area contributed by atoms with Gasteiger partial charge in [0.1, 0.15) is 5.60 Å². The number of carbonyl (C=O) groups excluding carboxylic acids is 1. The summed E-state index contributed by atoms with van der Waals surface area (Å²) in [5.74, 6) is -0.241. The molecule has 15 heavy (non-hydrogen) atoms. The molecule has 0 bridgehead atoms. The molecule has 1 aromatic rings. The first-order valence-corrected chi connectivity index (χ1v) is 5.95. The van der Waals surface area contributed by atoms with E-state index in [1.807, 2.05) is 12.3 Å². The first-order valence-electron chi connectivity index (χ1n) is 5.01. The van der Waals surface area contributed by atoms with Crippen molar-refractivity contribution >= 4 is 17.3 Å². The normalized spacial score (nSPS) is 28.8. The number of hydrogen-bond acceptors (Lipinski definition) is 4. The predicted octanol–water partition coefficient (Wildman–Crippen LogP) is 2.01. The molecule has 3 nitrogen and oxygen atoms in total. The van der Waals surface area contributed by atoms with Crippen LogP contribution in [-0.2, 0) is 20.7 Å². The highest BCUT2D eigenvalue weighted by Gasteiger charge is 2.57. The maximum Gasteiger partial charge on any atom is 0.338 e. The van der Waals surface area contributed by atoms with Gasteiger partial charge in [-0.15, -0.1) is 0 Å². The zero-order valence-electron chi connectivity index (χ0n) is 8.86. The first-order chi connectivity index (χ1) is 7.15. The molecule has 0 aliphatic carbocycles. The molecule has 1 aliphatic rings. The largest absolute Gasteiger partial charge is 0.464 e. The summed E-state index contributed by atoms with van der Waals surface area (Å²) in [6.45, 7) is 4.16. The van der Waals surface area contributed by atoms with Crippen LogP contribution < -0.4 is 0 Å². The van der Waals surface area contributed by atoms with Crippen LogP contribution in [0.4, 0.5) is 0 Å². The van der Waals surface area contributed by atoms with Crippen molar-refractivity contribution in [2.45, 2.75) is 32.0 Å². The fourth-order valence-corrected chi connectivity index (χ4v) is 2.35. The highest BCUT2D eigenvalue weighted by Crippen LogP contribution is 2.40. The summed E-state index contributed by atoms with van der Waals surface area (Å²) in [5.41, 5.74) is 0.863. The third-order valence-corrected chi connectivity index (χ3v) is 3.25. The van der Waals surface area contributed by atoms with Crippen LogP contribution in [0.15, 0.2) is 16.8 Å². The monoisotopic (exact) mass is 226 g/mol. The highest BCUT2D eigenvalue weighted by molar-refractivity contribution is 7.07. The second-order valence-corrected chi connectivity index (χ2v) is 4.65. The van der Waals surface area contributed by atoms with Gasteiger partial charge in [0.2, 0.25) is 0 Å². The Labute approximate surface area is 93.0 Å². The second kappa shape index (κ2) is 3.94. The predicted molar refractivity (Wildman–Crippen MR) is 57.9 cm³/mol. The van der Waals surface area contributed by atoms with Crippen LogP contribution in [0.25, 0.3) is 0 Å². The number of ether oxygens (including phenoxy) is 2. The molecule has 1 aliphatic heterocycles. The van der Waals surface area contributed by atoms with Crippen LogP contribution in [0.5, 0.6) is 0 Å². The van der Waals surface area contributed by atoms with Crippen molar-refractivity contribution in [2.75, 3.05) is 6.61 Å². The number of thiophene rings is 1. The smallest absolute Gasteiger partial charge is 0.338 e. The first kappa shape index (κ1) is 10.6. The zero-order valence-corrected chi connectivity index (χ0v) is 9.67. The van der Waals surface area contributed by atoms with E-state index in [1.54, 1.807) is 18.3 Å². The van der Waals surface area contributed by atoms with Gasteiger partial charge in [0.15, 0.2) is 6.10 Å². The van der Waals surface area contributed by atoms with Crippen molar-refractivity contribution in [1.29, 1.82) is 0 Å². The van der Waals surface area contributed by atoms with E-state index in [0.29, 0.717) is 6.61 Å². The minimum absolute atomic E-state index is 0.241. The van der Waals surface area contributed by atoms with Gasteiger partial charge in [0.25, 0.3) is 0 Å². The summed E-state index contributed by atoms with van der Waals surface area (Å²) >= 11 is 1.66. The lowest BCUT2D eigenvalue weighted by Gasteiger charge is -2.03. The number of esters is 1. The summed E-state index contributed by atoms with van der Waals surface area (Å²) < 4.78 is 10.3. The van der Waals surface area contributed by atoms with Gasteiger partial charge in [-0.25, -0.2) is 4.79 Å². The average Bonchev–Trinajstić information content (AvgIpc) is 2.61. The molecule has 1 fully saturated rings. The molecule has 0 radical (unpaired) electrons. The van der Waals surface area contributed by atoms with E-state index in [0.717, 1.165) is 6.42 Å². The topological polar surface area (TPSA) is 38.8 Å². The lowest BCUT2D eigenvalue weighted by atomic mass is 10.00. The molecule has 0 spiro atoms. The average molecular weight is 226 g/mol. The number of epoxide rings is 1. The van der Waals surface area contributed by atoms with Crippen molar-refractivity contribution in [3.05, 3.63) is 22.4 Å². The lowest BCUT2D eigenvalue weighted by molar-refractivity contribution is -0.144. The summed E-state index contributed by atoms with van der Waals surface area (Å²) in [5, 5.41) is 4.11. The van der Waals surface area contributed by atoms with E-state index >= 15 is 0 Å². The third-order valence-electron chi connectivity index (χ3n) is 2.52. The Hall–Kier alpha value is -0.870. The molecule has 82 valence electrons. The molecule has 2 heterocycles. The summed E-state index contributed by atoms with van der Waals surface area (Å²) in [4.78, 5) is 11.4. The third kappa shape index (κ3) is 2.21. The van der Waals surface area contributed by atoms with Crippen LogP contribution in [0.2, 0.25) is 0 Å². The van der Waals surface area contributed by atoms with Gasteiger partial charge in [-0.2, -0.15) is 11.3 Å². The number of hydrogen-bond donors (Lipinski definition) is 0. The summed E-state index contributed by atoms with van der Waals surface area (Å²) in [6, 6.07) is 2.06. The Morgan fingerprint density at radius 1 is 1.73 bits per heavy atom. The van der Waals surface area contributed by atoms with Gasteiger partial charge in [-0.05, 0) is 36.2 Å². The van der Waals surface area contributed by atoms with Gasteiger partial charge in [0, 0.05) is 6.42 Å². The maximum atomic E-state index is 11.4. The molecule has 4 heteroatoms. The van der Waals surface area contributed by atoms with E-state index in [4.69, 9.17) is 9.47 Å². The van der Waals surface area contributed by atoms with Gasteiger partial charge in [-0.3, -0.25) is 0 Å². The van der Waals surface area contributed by atoms with Gasteiger partial charge in [0.05, 0.1) is 6.61 Å². The molecule has 1 saturated heterocycles. The Kier molecular flexibility index (Phi) is 2.80. The SMILES string of the molecule is CCOC(=O)C1OC1(C)Cc1ccsc1. The zero-order chi connectivity index (χ0) is 10.9. The Morgan fingerprint density at radius 3 is 3.13 bits per heavy atom. The van der Waals surface area contributed by atoms with Crippen LogP contribution in [0.3, 0.4) is 0 Å². The standard InChI is InChI=1S/C11H14O3S/c1-3-13-10(12)9-11(2,14-9)6-8-4-5-15-7-8/h4-5,7,9H,3,6H2,1-2H3. The van der Waals surface area contributed by atoms with Crippen molar-refractivity contribution in [1.82, 2.24) is 0 Å². The molecular weight excluding hydrogens is 212 g/mol. The minimum atomic E-state index is -0.377. The van der Waals surface area contributed by atoms with Gasteiger partial charge < -0.3 is 9.47 Å². The fraction of sp³-hybridized carbons (Fsp3) is 0.545.